The minimum atomic E-state index is -0.131. The average molecular weight is 259 g/mol. The van der Waals surface area contributed by atoms with Crippen molar-refractivity contribution < 1.29 is 19.7 Å². The number of nitrogens with two attached hydrogens (primary N) is 1. The molecule has 0 spiro atoms. The van der Waals surface area contributed by atoms with Crippen molar-refractivity contribution in [2.45, 2.75) is 19.8 Å². The van der Waals surface area contributed by atoms with Crippen LogP contribution in [0.3, 0.4) is 0 Å². The van der Waals surface area contributed by atoms with E-state index in [1.807, 2.05) is 0 Å². The van der Waals surface area contributed by atoms with Crippen molar-refractivity contribution in [1.29, 1.82) is 0 Å². The van der Waals surface area contributed by atoms with Crippen LogP contribution in [0.25, 0.3) is 0 Å². The second kappa shape index (κ2) is 9.01. The van der Waals surface area contributed by atoms with E-state index >= 15 is 0 Å². The van der Waals surface area contributed by atoms with Gasteiger partial charge in [0.1, 0.15) is 0 Å². The molecular weight excluding hydrogens is 238 g/mol. The summed E-state index contributed by atoms with van der Waals surface area (Å²) in [5.74, 6) is 0. The fourth-order valence-electron chi connectivity index (χ4n) is 1.47. The Morgan fingerprint density at radius 2 is 1.83 bits per heavy atom. The molecule has 0 radical (unpaired) electrons. The molecule has 0 amide bonds. The molecule has 0 saturated heterocycles. The van der Waals surface area contributed by atoms with Crippen LogP contribution in [0, 0.1) is 0 Å². The Kier molecular flexibility index (Phi) is 7.54. The van der Waals surface area contributed by atoms with E-state index in [0.29, 0.717) is 50.9 Å². The number of aliphatic hydroxyl groups excluding tert-OH is 2. The zero-order valence-electron chi connectivity index (χ0n) is 10.4. The Hall–Kier alpha value is -0.990. The number of ether oxygens (including phenoxy) is 2. The smallest absolute Gasteiger partial charge is 0.0882 e. The molecule has 1 aromatic heterocycles. The summed E-state index contributed by atoms with van der Waals surface area (Å²) in [4.78, 5) is 0. The van der Waals surface area contributed by atoms with E-state index in [2.05, 4.69) is 5.10 Å². The van der Waals surface area contributed by atoms with Gasteiger partial charge in [0.2, 0.25) is 0 Å². The number of aromatic nitrogens is 2. The van der Waals surface area contributed by atoms with Crippen molar-refractivity contribution in [2.75, 3.05) is 33.0 Å². The molecule has 7 nitrogen and oxygen atoms in total. The van der Waals surface area contributed by atoms with Gasteiger partial charge < -0.3 is 25.4 Å². The van der Waals surface area contributed by atoms with Crippen molar-refractivity contribution in [3.05, 3.63) is 17.5 Å². The highest BCUT2D eigenvalue weighted by molar-refractivity contribution is 5.08. The lowest BCUT2D eigenvalue weighted by molar-refractivity contribution is 0.0462. The molecule has 0 aliphatic carbocycles. The van der Waals surface area contributed by atoms with E-state index in [4.69, 9.17) is 25.4 Å². The monoisotopic (exact) mass is 259 g/mol. The molecular formula is C11H21N3O4. The molecule has 0 atom stereocenters. The summed E-state index contributed by atoms with van der Waals surface area (Å²) in [7, 11) is 0. The topological polar surface area (TPSA) is 103 Å². The Morgan fingerprint density at radius 3 is 2.44 bits per heavy atom. The zero-order valence-corrected chi connectivity index (χ0v) is 10.4. The lowest BCUT2D eigenvalue weighted by Crippen LogP contribution is -2.15. The van der Waals surface area contributed by atoms with Crippen LogP contribution < -0.4 is 5.73 Å². The van der Waals surface area contributed by atoms with Gasteiger partial charge in [-0.2, -0.15) is 5.10 Å². The number of hydrogen-bond donors (Lipinski definition) is 3. The third-order valence-corrected chi connectivity index (χ3v) is 2.32. The second-order valence-corrected chi connectivity index (χ2v) is 3.68. The largest absolute Gasteiger partial charge is 0.390 e. The quantitative estimate of drug-likeness (QED) is 0.459. The average Bonchev–Trinajstić information content (AvgIpc) is 2.80. The fourth-order valence-corrected chi connectivity index (χ4v) is 1.47. The molecule has 0 aliphatic rings. The highest BCUT2D eigenvalue weighted by Crippen LogP contribution is 2.04. The molecule has 18 heavy (non-hydrogen) atoms. The van der Waals surface area contributed by atoms with Crippen molar-refractivity contribution in [1.82, 2.24) is 9.78 Å². The number of rotatable bonds is 10. The van der Waals surface area contributed by atoms with Gasteiger partial charge in [0.25, 0.3) is 0 Å². The molecule has 0 aliphatic heterocycles. The first-order valence-corrected chi connectivity index (χ1v) is 5.94. The third kappa shape index (κ3) is 5.11. The Morgan fingerprint density at radius 1 is 1.11 bits per heavy atom. The van der Waals surface area contributed by atoms with Gasteiger partial charge in [-0.15, -0.1) is 0 Å². The van der Waals surface area contributed by atoms with Gasteiger partial charge in [-0.25, -0.2) is 0 Å². The lowest BCUT2D eigenvalue weighted by Gasteiger charge is -2.07. The maximum atomic E-state index is 9.11. The van der Waals surface area contributed by atoms with Gasteiger partial charge in [0, 0.05) is 6.54 Å². The summed E-state index contributed by atoms with van der Waals surface area (Å²) in [6.07, 6.45) is 0. The Labute approximate surface area is 106 Å². The van der Waals surface area contributed by atoms with Crippen molar-refractivity contribution in [3.63, 3.8) is 0 Å². The van der Waals surface area contributed by atoms with Crippen LogP contribution in [0.2, 0.25) is 0 Å². The van der Waals surface area contributed by atoms with Gasteiger partial charge in [-0.1, -0.05) is 0 Å². The standard InChI is InChI=1S/C11H21N3O4/c12-1-3-17-5-6-18-4-2-14-11(9-16)7-10(8-15)13-14/h7,15-16H,1-6,8-9,12H2. The molecule has 7 heteroatoms. The van der Waals surface area contributed by atoms with Crippen LogP contribution in [0.5, 0.6) is 0 Å². The molecule has 1 aromatic rings. The maximum absolute atomic E-state index is 9.11. The first kappa shape index (κ1) is 15.1. The normalized spacial score (nSPS) is 11.1. The van der Waals surface area contributed by atoms with E-state index in [9.17, 15) is 0 Å². The molecule has 1 rings (SSSR count). The lowest BCUT2D eigenvalue weighted by atomic mass is 10.4. The highest BCUT2D eigenvalue weighted by Gasteiger charge is 2.05. The predicted molar refractivity (Wildman–Crippen MR) is 64.8 cm³/mol. The molecule has 0 aromatic carbocycles. The summed E-state index contributed by atoms with van der Waals surface area (Å²) in [5, 5.41) is 22.2. The summed E-state index contributed by atoms with van der Waals surface area (Å²) < 4.78 is 12.1. The molecule has 0 saturated carbocycles. The van der Waals surface area contributed by atoms with E-state index < -0.39 is 0 Å². The number of hydrogen-bond acceptors (Lipinski definition) is 6. The fraction of sp³-hybridized carbons (Fsp3) is 0.727. The Bertz CT molecular complexity index is 330. The van der Waals surface area contributed by atoms with Crippen LogP contribution in [0.1, 0.15) is 11.4 Å². The zero-order chi connectivity index (χ0) is 13.2. The van der Waals surface area contributed by atoms with E-state index in [1.54, 1.807) is 10.7 Å². The van der Waals surface area contributed by atoms with Gasteiger partial charge in [0.05, 0.1) is 57.6 Å². The van der Waals surface area contributed by atoms with Gasteiger partial charge >= 0.3 is 0 Å². The van der Waals surface area contributed by atoms with E-state index in [1.165, 1.54) is 0 Å². The van der Waals surface area contributed by atoms with Crippen LogP contribution >= 0.6 is 0 Å². The predicted octanol–water partition coefficient (Wildman–Crippen LogP) is -1.14. The highest BCUT2D eigenvalue weighted by atomic mass is 16.5. The first-order valence-electron chi connectivity index (χ1n) is 5.94. The summed E-state index contributed by atoms with van der Waals surface area (Å²) >= 11 is 0. The van der Waals surface area contributed by atoms with Gasteiger partial charge in [-0.05, 0) is 6.07 Å². The first-order chi connectivity index (χ1) is 8.81. The summed E-state index contributed by atoms with van der Waals surface area (Å²) in [6, 6.07) is 1.67. The number of nitrogens with zero attached hydrogens (tertiary/aromatic N) is 2. The van der Waals surface area contributed by atoms with E-state index in [-0.39, 0.29) is 13.2 Å². The second-order valence-electron chi connectivity index (χ2n) is 3.68. The van der Waals surface area contributed by atoms with E-state index in [0.717, 1.165) is 0 Å². The molecule has 0 unspecified atom stereocenters. The molecule has 104 valence electrons. The van der Waals surface area contributed by atoms with Gasteiger partial charge in [-0.3, -0.25) is 4.68 Å². The molecule has 0 fully saturated rings. The van der Waals surface area contributed by atoms with Gasteiger partial charge in [0.15, 0.2) is 0 Å². The Balaban J connectivity index is 2.20. The van der Waals surface area contributed by atoms with Crippen LogP contribution in [0.15, 0.2) is 6.07 Å². The van der Waals surface area contributed by atoms with Crippen molar-refractivity contribution in [2.24, 2.45) is 5.73 Å². The third-order valence-electron chi connectivity index (χ3n) is 2.32. The molecule has 1 heterocycles. The summed E-state index contributed by atoms with van der Waals surface area (Å²) in [6.45, 7) is 2.85. The van der Waals surface area contributed by atoms with Crippen LogP contribution in [-0.4, -0.2) is 53.0 Å². The maximum Gasteiger partial charge on any atom is 0.0882 e. The SMILES string of the molecule is NCCOCCOCCn1nc(CO)cc1CO. The minimum Gasteiger partial charge on any atom is -0.390 e. The molecule has 4 N–H and O–H groups in total. The van der Waals surface area contributed by atoms with Crippen molar-refractivity contribution in [3.8, 4) is 0 Å². The van der Waals surface area contributed by atoms with Crippen molar-refractivity contribution >= 4 is 0 Å². The minimum absolute atomic E-state index is 0.105. The molecule has 0 bridgehead atoms. The van der Waals surface area contributed by atoms with Crippen LogP contribution in [-0.2, 0) is 29.2 Å². The number of aliphatic hydroxyl groups is 2. The van der Waals surface area contributed by atoms with Crippen LogP contribution in [0.4, 0.5) is 0 Å². The summed E-state index contributed by atoms with van der Waals surface area (Å²) in [5.41, 5.74) is 6.49.